The van der Waals surface area contributed by atoms with Crippen molar-refractivity contribution in [1.29, 1.82) is 0 Å². The number of nitrogens with two attached hydrogens (primary N) is 1. The van der Waals surface area contributed by atoms with Crippen LogP contribution >= 0.6 is 11.3 Å². The summed E-state index contributed by atoms with van der Waals surface area (Å²) in [7, 11) is 0. The Morgan fingerprint density at radius 1 is 1.40 bits per heavy atom. The first kappa shape index (κ1) is 14.5. The van der Waals surface area contributed by atoms with Gasteiger partial charge in [-0.15, -0.1) is 11.3 Å². The first-order valence-corrected chi connectivity index (χ1v) is 7.12. The maximum Gasteiger partial charge on any atom is 0.277 e. The van der Waals surface area contributed by atoms with Crippen LogP contribution in [0.25, 0.3) is 0 Å². The Kier molecular flexibility index (Phi) is 4.70. The highest BCUT2D eigenvalue weighted by Gasteiger charge is 2.19. The van der Waals surface area contributed by atoms with Gasteiger partial charge in [-0.25, -0.2) is 10.8 Å². The summed E-state index contributed by atoms with van der Waals surface area (Å²) in [6.07, 6.45) is 0. The zero-order valence-electron chi connectivity index (χ0n) is 11.4. The number of thiazole rings is 1. The molecule has 0 radical (unpaired) electrons. The predicted molar refractivity (Wildman–Crippen MR) is 78.6 cm³/mol. The Balaban J connectivity index is 2.15. The number of nitrogen functional groups attached to an aromatic ring is 1. The molecular formula is C14H17N3O2S. The summed E-state index contributed by atoms with van der Waals surface area (Å²) in [6.45, 7) is 4.32. The number of hydrazine groups is 1. The van der Waals surface area contributed by atoms with E-state index in [-0.39, 0.29) is 11.8 Å². The number of nitrogens with one attached hydrogen (secondary N) is 1. The summed E-state index contributed by atoms with van der Waals surface area (Å²) < 4.78 is 5.64. The molecule has 1 aromatic heterocycles. The molecule has 2 rings (SSSR count). The maximum absolute atomic E-state index is 11.7. The van der Waals surface area contributed by atoms with Crippen LogP contribution in [0.15, 0.2) is 30.3 Å². The third-order valence-electron chi connectivity index (χ3n) is 2.69. The summed E-state index contributed by atoms with van der Waals surface area (Å²) in [5.41, 5.74) is 2.91. The van der Waals surface area contributed by atoms with Crippen molar-refractivity contribution in [3.05, 3.63) is 45.9 Å². The predicted octanol–water partition coefficient (Wildman–Crippen LogP) is 2.45. The molecule has 20 heavy (non-hydrogen) atoms. The topological polar surface area (TPSA) is 77.2 Å². The van der Waals surface area contributed by atoms with Crippen molar-refractivity contribution in [2.24, 2.45) is 5.84 Å². The molecule has 0 aliphatic rings. The van der Waals surface area contributed by atoms with E-state index in [1.807, 2.05) is 44.2 Å². The molecule has 0 aliphatic heterocycles. The van der Waals surface area contributed by atoms with Crippen molar-refractivity contribution in [3.8, 4) is 5.75 Å². The number of aromatic nitrogens is 1. The zero-order chi connectivity index (χ0) is 14.5. The summed E-state index contributed by atoms with van der Waals surface area (Å²) in [4.78, 5) is 16.7. The van der Waals surface area contributed by atoms with Gasteiger partial charge in [0.1, 0.15) is 22.2 Å². The smallest absolute Gasteiger partial charge is 0.277 e. The molecule has 0 bridgehead atoms. The van der Waals surface area contributed by atoms with E-state index in [0.717, 1.165) is 16.5 Å². The van der Waals surface area contributed by atoms with Crippen LogP contribution in [0.2, 0.25) is 0 Å². The van der Waals surface area contributed by atoms with Crippen molar-refractivity contribution in [3.63, 3.8) is 0 Å². The van der Waals surface area contributed by atoms with Crippen LogP contribution < -0.4 is 16.0 Å². The van der Waals surface area contributed by atoms with Crippen molar-refractivity contribution in [2.45, 2.75) is 26.4 Å². The average molecular weight is 291 g/mol. The van der Waals surface area contributed by atoms with E-state index in [4.69, 9.17) is 10.6 Å². The van der Waals surface area contributed by atoms with Gasteiger partial charge in [0.15, 0.2) is 0 Å². The standard InChI is InChI=1S/C14H17N3O2S/c1-9(2)12-13(14(18)17-15)20-11(16-12)8-19-10-6-4-3-5-7-10/h3-7,9H,8,15H2,1-2H3,(H,17,18). The number of carbonyl (C=O) groups excluding carboxylic acids is 1. The third kappa shape index (κ3) is 3.34. The Morgan fingerprint density at radius 2 is 2.10 bits per heavy atom. The van der Waals surface area contributed by atoms with E-state index in [0.29, 0.717) is 11.5 Å². The molecule has 0 atom stereocenters. The van der Waals surface area contributed by atoms with Crippen LogP contribution in [0.5, 0.6) is 5.75 Å². The van der Waals surface area contributed by atoms with Gasteiger partial charge in [0.25, 0.3) is 5.91 Å². The van der Waals surface area contributed by atoms with E-state index in [9.17, 15) is 4.79 Å². The first-order chi connectivity index (χ1) is 9.61. The van der Waals surface area contributed by atoms with Gasteiger partial charge in [0.2, 0.25) is 0 Å². The number of hydrogen-bond donors (Lipinski definition) is 2. The fourth-order valence-corrected chi connectivity index (χ4v) is 2.76. The highest BCUT2D eigenvalue weighted by molar-refractivity contribution is 7.13. The highest BCUT2D eigenvalue weighted by atomic mass is 32.1. The molecule has 1 aromatic carbocycles. The van der Waals surface area contributed by atoms with E-state index in [1.54, 1.807) is 0 Å². The van der Waals surface area contributed by atoms with Crippen molar-refractivity contribution in [2.75, 3.05) is 0 Å². The number of rotatable bonds is 5. The van der Waals surface area contributed by atoms with Crippen molar-refractivity contribution < 1.29 is 9.53 Å². The largest absolute Gasteiger partial charge is 0.486 e. The van der Waals surface area contributed by atoms with Crippen LogP contribution in [-0.2, 0) is 6.61 Å². The molecular weight excluding hydrogens is 274 g/mol. The summed E-state index contributed by atoms with van der Waals surface area (Å²) in [5, 5.41) is 0.760. The Bertz CT molecular complexity index is 581. The molecule has 0 spiro atoms. The second-order valence-corrected chi connectivity index (χ2v) is 5.64. The van der Waals surface area contributed by atoms with E-state index in [1.165, 1.54) is 11.3 Å². The normalized spacial score (nSPS) is 10.6. The van der Waals surface area contributed by atoms with E-state index < -0.39 is 0 Å². The molecule has 0 unspecified atom stereocenters. The van der Waals surface area contributed by atoms with Gasteiger partial charge >= 0.3 is 0 Å². The number of hydrogen-bond acceptors (Lipinski definition) is 5. The lowest BCUT2D eigenvalue weighted by Gasteiger charge is -2.03. The lowest BCUT2D eigenvalue weighted by molar-refractivity contribution is 0.0956. The lowest BCUT2D eigenvalue weighted by atomic mass is 10.1. The average Bonchev–Trinajstić information content (AvgIpc) is 2.90. The molecule has 1 amide bonds. The SMILES string of the molecule is CC(C)c1nc(COc2ccccc2)sc1C(=O)NN. The number of benzene rings is 1. The Labute approximate surface area is 121 Å². The molecule has 106 valence electrons. The van der Waals surface area contributed by atoms with Gasteiger partial charge < -0.3 is 4.74 Å². The van der Waals surface area contributed by atoms with E-state index in [2.05, 4.69) is 10.4 Å². The van der Waals surface area contributed by atoms with Gasteiger partial charge in [-0.3, -0.25) is 10.2 Å². The van der Waals surface area contributed by atoms with Crippen LogP contribution in [0.1, 0.15) is 40.1 Å². The lowest BCUT2D eigenvalue weighted by Crippen LogP contribution is -2.30. The van der Waals surface area contributed by atoms with Crippen molar-refractivity contribution in [1.82, 2.24) is 10.4 Å². The Hall–Kier alpha value is -1.92. The molecule has 0 fully saturated rings. The van der Waals surface area contributed by atoms with Crippen LogP contribution in [-0.4, -0.2) is 10.9 Å². The fourth-order valence-electron chi connectivity index (χ4n) is 1.72. The zero-order valence-corrected chi connectivity index (χ0v) is 12.2. The second kappa shape index (κ2) is 6.49. The van der Waals surface area contributed by atoms with E-state index >= 15 is 0 Å². The molecule has 0 saturated carbocycles. The highest BCUT2D eigenvalue weighted by Crippen LogP contribution is 2.26. The monoisotopic (exact) mass is 291 g/mol. The van der Waals surface area contributed by atoms with Crippen LogP contribution in [0.4, 0.5) is 0 Å². The van der Waals surface area contributed by atoms with Gasteiger partial charge in [-0.2, -0.15) is 0 Å². The maximum atomic E-state index is 11.7. The first-order valence-electron chi connectivity index (χ1n) is 6.30. The molecule has 1 heterocycles. The number of para-hydroxylation sites is 1. The van der Waals surface area contributed by atoms with Crippen molar-refractivity contribution >= 4 is 17.2 Å². The van der Waals surface area contributed by atoms with Crippen LogP contribution in [0, 0.1) is 0 Å². The minimum atomic E-state index is -0.308. The van der Waals surface area contributed by atoms with Gasteiger partial charge in [-0.05, 0) is 18.1 Å². The van der Waals surface area contributed by atoms with Gasteiger partial charge in [-0.1, -0.05) is 32.0 Å². The molecule has 0 aliphatic carbocycles. The molecule has 0 saturated heterocycles. The number of nitrogens with zero attached hydrogens (tertiary/aromatic N) is 1. The second-order valence-electron chi connectivity index (χ2n) is 4.55. The quantitative estimate of drug-likeness (QED) is 0.504. The minimum Gasteiger partial charge on any atom is -0.486 e. The third-order valence-corrected chi connectivity index (χ3v) is 3.73. The number of ether oxygens (including phenoxy) is 1. The van der Waals surface area contributed by atoms with Gasteiger partial charge in [0.05, 0.1) is 5.69 Å². The number of carbonyl (C=O) groups is 1. The number of amides is 1. The molecule has 3 N–H and O–H groups in total. The molecule has 2 aromatic rings. The summed E-state index contributed by atoms with van der Waals surface area (Å²) in [6, 6.07) is 9.50. The molecule has 6 heteroatoms. The summed E-state index contributed by atoms with van der Waals surface area (Å²) >= 11 is 1.31. The summed E-state index contributed by atoms with van der Waals surface area (Å²) in [5.74, 6) is 5.82. The minimum absolute atomic E-state index is 0.157. The molecule has 5 nitrogen and oxygen atoms in total. The van der Waals surface area contributed by atoms with Crippen LogP contribution in [0.3, 0.4) is 0 Å². The van der Waals surface area contributed by atoms with Gasteiger partial charge in [0, 0.05) is 0 Å². The fraction of sp³-hybridized carbons (Fsp3) is 0.286. The Morgan fingerprint density at radius 3 is 2.70 bits per heavy atom.